The number of likely N-dealkylation sites (tertiary alicyclic amines) is 1. The molecule has 3 atom stereocenters. The van der Waals surface area contributed by atoms with Gasteiger partial charge in [-0.1, -0.05) is 74.5 Å². The number of benzene rings is 3. The summed E-state index contributed by atoms with van der Waals surface area (Å²) in [6.45, 7) is 5.99. The van der Waals surface area contributed by atoms with Gasteiger partial charge < -0.3 is 5.32 Å². The van der Waals surface area contributed by atoms with Gasteiger partial charge in [0.15, 0.2) is 0 Å². The fourth-order valence-corrected chi connectivity index (χ4v) is 6.73. The van der Waals surface area contributed by atoms with E-state index < -0.39 is 17.9 Å². The Morgan fingerprint density at radius 3 is 1.75 bits per heavy atom. The van der Waals surface area contributed by atoms with Crippen molar-refractivity contribution in [3.63, 3.8) is 0 Å². The minimum atomic E-state index is -0.846. The van der Waals surface area contributed by atoms with Crippen LogP contribution in [0.2, 0.25) is 0 Å². The van der Waals surface area contributed by atoms with Crippen molar-refractivity contribution >= 4 is 23.4 Å². The van der Waals surface area contributed by atoms with Gasteiger partial charge in [-0.2, -0.15) is 0 Å². The zero-order valence-electron chi connectivity index (χ0n) is 20.8. The van der Waals surface area contributed by atoms with Crippen LogP contribution in [0.3, 0.4) is 0 Å². The van der Waals surface area contributed by atoms with E-state index in [4.69, 9.17) is 0 Å². The number of nitrogens with zero attached hydrogens (tertiary/aromatic N) is 1. The third kappa shape index (κ3) is 3.33. The summed E-state index contributed by atoms with van der Waals surface area (Å²) < 4.78 is 0. The summed E-state index contributed by atoms with van der Waals surface area (Å²) >= 11 is 0. The molecule has 0 aromatic heterocycles. The van der Waals surface area contributed by atoms with Crippen LogP contribution in [0.15, 0.2) is 72.8 Å². The SMILES string of the molecule is Cc1cccc(NC(=O)[C@@H](CC(C)C)N2C(=O)[C@@H]3C4c5ccccc5C(c5ccccc54)[C@@H]3C2=O)c1. The van der Waals surface area contributed by atoms with Crippen LogP contribution in [0.25, 0.3) is 0 Å². The lowest BCUT2D eigenvalue weighted by Gasteiger charge is -2.45. The molecule has 36 heavy (non-hydrogen) atoms. The molecule has 0 spiro atoms. The average Bonchev–Trinajstić information content (AvgIpc) is 3.13. The van der Waals surface area contributed by atoms with Gasteiger partial charge in [-0.05, 0) is 59.2 Å². The largest absolute Gasteiger partial charge is 0.324 e. The van der Waals surface area contributed by atoms with Gasteiger partial charge in [0.25, 0.3) is 0 Å². The second kappa shape index (κ2) is 8.44. The van der Waals surface area contributed by atoms with Crippen molar-refractivity contribution in [1.82, 2.24) is 4.90 Å². The van der Waals surface area contributed by atoms with Gasteiger partial charge in [0.2, 0.25) is 17.7 Å². The lowest BCUT2D eigenvalue weighted by Crippen LogP contribution is -2.48. The first-order chi connectivity index (χ1) is 17.4. The van der Waals surface area contributed by atoms with Crippen LogP contribution in [-0.4, -0.2) is 28.7 Å². The molecule has 3 aromatic rings. The number of imide groups is 1. The lowest BCUT2D eigenvalue weighted by atomic mass is 9.55. The monoisotopic (exact) mass is 478 g/mol. The molecule has 4 aliphatic rings. The number of hydrogen-bond donors (Lipinski definition) is 1. The van der Waals surface area contributed by atoms with E-state index in [0.717, 1.165) is 27.8 Å². The number of amides is 3. The quantitative estimate of drug-likeness (QED) is 0.510. The van der Waals surface area contributed by atoms with Crippen molar-refractivity contribution in [2.45, 2.75) is 45.1 Å². The highest BCUT2D eigenvalue weighted by Crippen LogP contribution is 2.61. The van der Waals surface area contributed by atoms with Gasteiger partial charge in [-0.3, -0.25) is 19.3 Å². The smallest absolute Gasteiger partial charge is 0.247 e. The molecule has 1 fully saturated rings. The number of nitrogens with one attached hydrogen (secondary N) is 1. The Bertz CT molecular complexity index is 1280. The number of rotatable bonds is 5. The van der Waals surface area contributed by atoms with Crippen molar-refractivity contribution in [3.05, 3.63) is 101 Å². The van der Waals surface area contributed by atoms with Crippen LogP contribution < -0.4 is 5.32 Å². The van der Waals surface area contributed by atoms with Crippen molar-refractivity contribution in [2.24, 2.45) is 17.8 Å². The molecule has 5 nitrogen and oxygen atoms in total. The number of anilines is 1. The molecule has 3 aliphatic carbocycles. The predicted octanol–water partition coefficient (Wildman–Crippen LogP) is 5.24. The van der Waals surface area contributed by atoms with Crippen LogP contribution in [0.5, 0.6) is 0 Å². The van der Waals surface area contributed by atoms with Crippen LogP contribution in [0.4, 0.5) is 5.69 Å². The van der Waals surface area contributed by atoms with Gasteiger partial charge in [-0.25, -0.2) is 0 Å². The summed E-state index contributed by atoms with van der Waals surface area (Å²) in [6, 6.07) is 23.1. The van der Waals surface area contributed by atoms with Gasteiger partial charge in [0, 0.05) is 17.5 Å². The van der Waals surface area contributed by atoms with Gasteiger partial charge in [-0.15, -0.1) is 0 Å². The minimum Gasteiger partial charge on any atom is -0.324 e. The molecule has 0 saturated carbocycles. The van der Waals surface area contributed by atoms with Crippen molar-refractivity contribution < 1.29 is 14.4 Å². The Balaban J connectivity index is 1.41. The molecule has 0 unspecified atom stereocenters. The minimum absolute atomic E-state index is 0.132. The average molecular weight is 479 g/mol. The van der Waals surface area contributed by atoms with E-state index in [2.05, 4.69) is 29.6 Å². The summed E-state index contributed by atoms with van der Waals surface area (Å²) in [5.74, 6) is -1.91. The highest BCUT2D eigenvalue weighted by atomic mass is 16.2. The predicted molar refractivity (Wildman–Crippen MR) is 138 cm³/mol. The summed E-state index contributed by atoms with van der Waals surface area (Å²) in [7, 11) is 0. The molecule has 1 heterocycles. The third-order valence-corrected chi connectivity index (χ3v) is 8.08. The molecule has 182 valence electrons. The molecule has 2 bridgehead atoms. The van der Waals surface area contributed by atoms with Crippen LogP contribution >= 0.6 is 0 Å². The zero-order valence-corrected chi connectivity index (χ0v) is 20.8. The van der Waals surface area contributed by atoms with Crippen molar-refractivity contribution in [3.8, 4) is 0 Å². The summed E-state index contributed by atoms with van der Waals surface area (Å²) in [5.41, 5.74) is 6.24. The second-order valence-electron chi connectivity index (χ2n) is 10.8. The molecule has 1 aliphatic heterocycles. The molecule has 5 heteroatoms. The van der Waals surface area contributed by atoms with E-state index in [-0.39, 0.29) is 35.5 Å². The Labute approximate surface area is 211 Å². The molecule has 7 rings (SSSR count). The van der Waals surface area contributed by atoms with Crippen LogP contribution in [-0.2, 0) is 14.4 Å². The summed E-state index contributed by atoms with van der Waals surface area (Å²) in [6.07, 6.45) is 0.420. The normalized spacial score (nSPS) is 24.4. The third-order valence-electron chi connectivity index (χ3n) is 8.08. The van der Waals surface area contributed by atoms with Gasteiger partial charge >= 0.3 is 0 Å². The standard InChI is InChI=1S/C31H30N2O3/c1-17(2)15-24(29(34)32-19-10-8-9-18(3)16-19)33-30(35)27-25-20-11-4-5-12-21(20)26(28(27)31(33)36)23-14-7-6-13-22(23)25/h4-14,16-17,24-28H,15H2,1-3H3,(H,32,34)/t24-,25?,26?,27-,28+/m1/s1. The Morgan fingerprint density at radius 1 is 0.806 bits per heavy atom. The Hall–Kier alpha value is -3.73. The highest BCUT2D eigenvalue weighted by Gasteiger charge is 2.63. The first kappa shape index (κ1) is 22.7. The van der Waals surface area contributed by atoms with E-state index in [1.54, 1.807) is 0 Å². The van der Waals surface area contributed by atoms with E-state index in [1.165, 1.54) is 4.90 Å². The van der Waals surface area contributed by atoms with Crippen LogP contribution in [0.1, 0.15) is 59.9 Å². The maximum Gasteiger partial charge on any atom is 0.247 e. The van der Waals surface area contributed by atoms with E-state index in [1.807, 2.05) is 69.3 Å². The van der Waals surface area contributed by atoms with Crippen LogP contribution in [0, 0.1) is 24.7 Å². The maximum absolute atomic E-state index is 14.1. The number of carbonyl (C=O) groups excluding carboxylic acids is 3. The van der Waals surface area contributed by atoms with Gasteiger partial charge in [0.1, 0.15) is 6.04 Å². The number of aryl methyl sites for hydroxylation is 1. The first-order valence-electron chi connectivity index (χ1n) is 12.8. The lowest BCUT2D eigenvalue weighted by molar-refractivity contribution is -0.147. The van der Waals surface area contributed by atoms with E-state index in [0.29, 0.717) is 12.1 Å². The Morgan fingerprint density at radius 2 is 1.31 bits per heavy atom. The second-order valence-corrected chi connectivity index (χ2v) is 10.8. The zero-order chi connectivity index (χ0) is 25.1. The molecule has 3 aromatic carbocycles. The van der Waals surface area contributed by atoms with Crippen molar-refractivity contribution in [2.75, 3.05) is 5.32 Å². The highest BCUT2D eigenvalue weighted by molar-refractivity contribution is 6.11. The summed E-state index contributed by atoms with van der Waals surface area (Å²) in [4.78, 5) is 43.2. The molecule has 3 amide bonds. The Kier molecular flexibility index (Phi) is 5.32. The molecule has 0 radical (unpaired) electrons. The van der Waals surface area contributed by atoms with E-state index in [9.17, 15) is 14.4 Å². The number of carbonyl (C=O) groups is 3. The molecule has 1 N–H and O–H groups in total. The fraction of sp³-hybridized carbons (Fsp3) is 0.323. The first-order valence-corrected chi connectivity index (χ1v) is 12.8. The van der Waals surface area contributed by atoms with Crippen molar-refractivity contribution in [1.29, 1.82) is 0 Å². The number of hydrogen-bond acceptors (Lipinski definition) is 3. The molecule has 1 saturated heterocycles. The maximum atomic E-state index is 14.1. The van der Waals surface area contributed by atoms with E-state index >= 15 is 0 Å². The van der Waals surface area contributed by atoms with Gasteiger partial charge in [0.05, 0.1) is 11.8 Å². The topological polar surface area (TPSA) is 66.5 Å². The molecular formula is C31H30N2O3. The summed E-state index contributed by atoms with van der Waals surface area (Å²) in [5, 5.41) is 2.97. The molecular weight excluding hydrogens is 448 g/mol. The fourth-order valence-electron chi connectivity index (χ4n) is 6.73.